The van der Waals surface area contributed by atoms with E-state index >= 15 is 0 Å². The molecule has 114 valence electrons. The number of fused-ring (bicyclic) bond motifs is 1. The van der Waals surface area contributed by atoms with Crippen molar-refractivity contribution < 1.29 is 24.4 Å². The van der Waals surface area contributed by atoms with Crippen molar-refractivity contribution in [2.24, 2.45) is 0 Å². The molecule has 5 atom stereocenters. The van der Waals surface area contributed by atoms with Crippen LogP contribution in [0.5, 0.6) is 0 Å². The van der Waals surface area contributed by atoms with E-state index in [9.17, 15) is 24.5 Å². The molecule has 1 saturated heterocycles. The number of rotatable bonds is 2. The van der Waals surface area contributed by atoms with Gasteiger partial charge in [0.2, 0.25) is 0 Å². The quantitative estimate of drug-likeness (QED) is 0.359. The molecule has 3 rings (SSSR count). The third-order valence-electron chi connectivity index (χ3n) is 3.25. The molecule has 0 radical (unpaired) electrons. The molecule has 1 unspecified atom stereocenters. The Morgan fingerprint density at radius 1 is 1.57 bits per heavy atom. The minimum Gasteiger partial charge on any atom is -0.384 e. The minimum absolute atomic E-state index is 0.0179. The van der Waals surface area contributed by atoms with E-state index in [4.69, 9.17) is 4.74 Å². The number of imidazole rings is 1. The third kappa shape index (κ3) is 2.15. The zero-order valence-corrected chi connectivity index (χ0v) is 12.4. The highest BCUT2D eigenvalue weighted by molar-refractivity contribution is 14.1. The van der Waals surface area contributed by atoms with Crippen molar-refractivity contribution in [1.29, 1.82) is 0 Å². The number of nitrogens with zero attached hydrogens (tertiary/aromatic N) is 3. The van der Waals surface area contributed by atoms with Crippen LogP contribution in [0.25, 0.3) is 11.2 Å². The summed E-state index contributed by atoms with van der Waals surface area (Å²) in [6, 6.07) is 0. The molecule has 2 aromatic heterocycles. The first-order chi connectivity index (χ1) is 9.84. The van der Waals surface area contributed by atoms with Crippen molar-refractivity contribution in [1.82, 2.24) is 19.5 Å². The van der Waals surface area contributed by atoms with Crippen LogP contribution in [0.15, 0.2) is 17.4 Å². The number of aliphatic hydroxyl groups is 3. The zero-order chi connectivity index (χ0) is 15.4. The number of hydrogen-bond donors (Lipinski definition) is 4. The minimum atomic E-state index is -3.17. The first-order valence-corrected chi connectivity index (χ1v) is 7.05. The van der Waals surface area contributed by atoms with Gasteiger partial charge in [0.15, 0.2) is 17.4 Å². The largest absolute Gasteiger partial charge is 0.384 e. The number of aromatic amines is 1. The van der Waals surface area contributed by atoms with Gasteiger partial charge in [0.05, 0.1) is 12.7 Å². The molecule has 9 nitrogen and oxygen atoms in total. The maximum Gasteiger partial charge on any atom is 0.281 e. The van der Waals surface area contributed by atoms with Crippen LogP contribution in [0, 0.1) is 0 Å². The Bertz CT molecular complexity index is 732. The molecule has 0 saturated carbocycles. The summed E-state index contributed by atoms with van der Waals surface area (Å²) >= 11 is 1.52. The second-order valence-corrected chi connectivity index (χ2v) is 5.83. The number of alkyl halides is 2. The highest BCUT2D eigenvalue weighted by Crippen LogP contribution is 2.42. The number of aliphatic hydroxyl groups excluding tert-OH is 2. The van der Waals surface area contributed by atoms with Gasteiger partial charge in [-0.05, 0) is 22.6 Å². The van der Waals surface area contributed by atoms with Gasteiger partial charge >= 0.3 is 0 Å². The number of ether oxygens (including phenoxy) is 1. The molecule has 0 aliphatic carbocycles. The van der Waals surface area contributed by atoms with Gasteiger partial charge in [-0.2, -0.15) is 0 Å². The van der Waals surface area contributed by atoms with Crippen molar-refractivity contribution in [3.8, 4) is 0 Å². The highest BCUT2D eigenvalue weighted by Gasteiger charge is 2.59. The first-order valence-electron chi connectivity index (χ1n) is 5.81. The van der Waals surface area contributed by atoms with E-state index in [0.717, 1.165) is 17.2 Å². The third-order valence-corrected chi connectivity index (χ3v) is 3.96. The number of halogens is 2. The predicted molar refractivity (Wildman–Crippen MR) is 74.2 cm³/mol. The number of aromatic nitrogens is 4. The first kappa shape index (κ1) is 14.8. The van der Waals surface area contributed by atoms with Gasteiger partial charge in [-0.3, -0.25) is 9.36 Å². The monoisotopic (exact) mass is 412 g/mol. The van der Waals surface area contributed by atoms with E-state index in [0.29, 0.717) is 0 Å². The van der Waals surface area contributed by atoms with Crippen molar-refractivity contribution in [3.05, 3.63) is 23.0 Å². The molecular weight excluding hydrogens is 402 g/mol. The fourth-order valence-electron chi connectivity index (χ4n) is 2.21. The Kier molecular flexibility index (Phi) is 3.48. The van der Waals surface area contributed by atoms with E-state index in [1.165, 1.54) is 22.6 Å². The topological polar surface area (TPSA) is 133 Å². The standard InChI is InChI=1S/C10H10FIN4O5/c11-10(20)5(17)4(6(12)18)21-9(10)16-2-15-3-7(16)13-1-14-8(3)19/h1-2,4-6,9,17-18,20H,(H,13,14,19)/t4-,5+,6?,9+,10+/m0/s1. The number of hydrogen-bond acceptors (Lipinski definition) is 7. The van der Waals surface area contributed by atoms with Crippen molar-refractivity contribution in [2.75, 3.05) is 0 Å². The fourth-order valence-corrected chi connectivity index (χ4v) is 2.77. The Morgan fingerprint density at radius 2 is 2.29 bits per heavy atom. The Morgan fingerprint density at radius 3 is 2.90 bits per heavy atom. The van der Waals surface area contributed by atoms with Crippen LogP contribution < -0.4 is 5.56 Å². The second kappa shape index (κ2) is 4.95. The van der Waals surface area contributed by atoms with Crippen LogP contribution >= 0.6 is 22.6 Å². The molecule has 0 bridgehead atoms. The summed E-state index contributed by atoms with van der Waals surface area (Å²) < 4.78 is 19.3. The van der Waals surface area contributed by atoms with Crippen LogP contribution in [0.4, 0.5) is 4.39 Å². The van der Waals surface area contributed by atoms with Crippen LogP contribution in [0.1, 0.15) is 6.23 Å². The molecule has 1 aliphatic heterocycles. The SMILES string of the molecule is O=c1[nH]cnc2c1ncn2[C@@H]1O[C@H](C(O)I)[C@@H](O)[C@]1(O)F. The fraction of sp³-hybridized carbons (Fsp3) is 0.500. The number of H-pyrrole nitrogens is 1. The lowest BCUT2D eigenvalue weighted by Gasteiger charge is -2.22. The molecule has 2 aromatic rings. The van der Waals surface area contributed by atoms with E-state index in [1.54, 1.807) is 0 Å². The van der Waals surface area contributed by atoms with Gasteiger partial charge in [0.25, 0.3) is 11.4 Å². The van der Waals surface area contributed by atoms with Crippen LogP contribution in [-0.2, 0) is 4.74 Å². The molecule has 0 aromatic carbocycles. The molecular formula is C10H10FIN4O5. The zero-order valence-electron chi connectivity index (χ0n) is 10.2. The Balaban J connectivity index is 2.10. The van der Waals surface area contributed by atoms with Gasteiger partial charge in [-0.15, -0.1) is 0 Å². The second-order valence-electron chi connectivity index (χ2n) is 4.55. The van der Waals surface area contributed by atoms with Crippen molar-refractivity contribution in [2.45, 2.75) is 28.4 Å². The molecule has 3 heterocycles. The molecule has 4 N–H and O–H groups in total. The summed E-state index contributed by atoms with van der Waals surface area (Å²) in [6.45, 7) is 0. The molecule has 1 fully saturated rings. The average molecular weight is 412 g/mol. The smallest absolute Gasteiger partial charge is 0.281 e. The van der Waals surface area contributed by atoms with Crippen LogP contribution in [-0.4, -0.2) is 57.0 Å². The van der Waals surface area contributed by atoms with E-state index in [-0.39, 0.29) is 11.2 Å². The van der Waals surface area contributed by atoms with E-state index in [1.807, 2.05) is 0 Å². The Hall–Kier alpha value is -1.15. The van der Waals surface area contributed by atoms with Gasteiger partial charge in [-0.25, -0.2) is 14.4 Å². The average Bonchev–Trinajstić information content (AvgIpc) is 2.92. The van der Waals surface area contributed by atoms with Gasteiger partial charge in [0.1, 0.15) is 16.3 Å². The van der Waals surface area contributed by atoms with E-state index < -0.39 is 34.0 Å². The maximum atomic E-state index is 14.4. The predicted octanol–water partition coefficient (Wildman–Crippen LogP) is -1.21. The Labute approximate surface area is 129 Å². The molecule has 0 spiro atoms. The summed E-state index contributed by atoms with van der Waals surface area (Å²) in [6.07, 6.45) is -2.84. The summed E-state index contributed by atoms with van der Waals surface area (Å²) in [5.74, 6) is -3.17. The molecule has 0 amide bonds. The summed E-state index contributed by atoms with van der Waals surface area (Å²) in [4.78, 5) is 21.5. The molecule has 21 heavy (non-hydrogen) atoms. The van der Waals surface area contributed by atoms with Crippen molar-refractivity contribution >= 4 is 33.8 Å². The van der Waals surface area contributed by atoms with Gasteiger partial charge in [-0.1, -0.05) is 0 Å². The molecule has 1 aliphatic rings. The maximum absolute atomic E-state index is 14.4. The summed E-state index contributed by atoms with van der Waals surface area (Å²) in [5, 5.41) is 29.0. The van der Waals surface area contributed by atoms with Crippen LogP contribution in [0.3, 0.4) is 0 Å². The molecule has 11 heteroatoms. The lowest BCUT2D eigenvalue weighted by molar-refractivity contribution is -0.195. The number of nitrogens with one attached hydrogen (secondary N) is 1. The normalized spacial score (nSPS) is 34.4. The lowest BCUT2D eigenvalue weighted by atomic mass is 10.1. The van der Waals surface area contributed by atoms with Gasteiger partial charge < -0.3 is 25.0 Å². The summed E-state index contributed by atoms with van der Waals surface area (Å²) in [7, 11) is 0. The summed E-state index contributed by atoms with van der Waals surface area (Å²) in [5.41, 5.74) is -0.620. The van der Waals surface area contributed by atoms with Crippen LogP contribution in [0.2, 0.25) is 0 Å². The van der Waals surface area contributed by atoms with Crippen molar-refractivity contribution in [3.63, 3.8) is 0 Å². The van der Waals surface area contributed by atoms with E-state index in [2.05, 4.69) is 15.0 Å². The van der Waals surface area contributed by atoms with Gasteiger partial charge in [0, 0.05) is 0 Å². The highest BCUT2D eigenvalue weighted by atomic mass is 127. The lowest BCUT2D eigenvalue weighted by Crippen LogP contribution is -2.44.